The first kappa shape index (κ1) is 23.5. The first-order valence-corrected chi connectivity index (χ1v) is 13.7. The summed E-state index contributed by atoms with van der Waals surface area (Å²) in [5.41, 5.74) is 2.70. The second-order valence-electron chi connectivity index (χ2n) is 8.71. The van der Waals surface area contributed by atoms with Gasteiger partial charge in [-0.25, -0.2) is 8.42 Å². The topological polar surface area (TPSA) is 75.7 Å². The van der Waals surface area contributed by atoms with Gasteiger partial charge < -0.3 is 15.0 Å². The molecule has 2 heterocycles. The van der Waals surface area contributed by atoms with Crippen molar-refractivity contribution in [2.75, 3.05) is 32.6 Å². The number of nitrogens with zero attached hydrogens (tertiary/aromatic N) is 1. The van der Waals surface area contributed by atoms with Crippen LogP contribution in [0.25, 0.3) is 10.1 Å². The number of carbonyl (C=O) groups is 1. The normalized spacial score (nSPS) is 14.3. The van der Waals surface area contributed by atoms with Gasteiger partial charge in [-0.05, 0) is 84.9 Å². The number of hydrogen-bond donors (Lipinski definition) is 1. The molecule has 6 nitrogen and oxygen atoms in total. The van der Waals surface area contributed by atoms with Crippen molar-refractivity contribution >= 4 is 42.9 Å². The Kier molecular flexibility index (Phi) is 6.35. The number of benzene rings is 3. The molecule has 0 bridgehead atoms. The van der Waals surface area contributed by atoms with Crippen LogP contribution in [0.4, 0.5) is 5.69 Å². The Morgan fingerprint density at radius 2 is 1.66 bits per heavy atom. The van der Waals surface area contributed by atoms with Crippen LogP contribution in [-0.2, 0) is 22.7 Å². The highest BCUT2D eigenvalue weighted by atomic mass is 32.2. The van der Waals surface area contributed by atoms with Gasteiger partial charge in [0.1, 0.15) is 10.6 Å². The van der Waals surface area contributed by atoms with Crippen LogP contribution in [0.1, 0.15) is 20.8 Å². The molecular formula is C27H26N2O4S2. The van der Waals surface area contributed by atoms with E-state index < -0.39 is 9.84 Å². The van der Waals surface area contributed by atoms with E-state index in [0.29, 0.717) is 16.3 Å². The quantitative estimate of drug-likeness (QED) is 0.411. The molecule has 0 atom stereocenters. The minimum atomic E-state index is -3.80. The van der Waals surface area contributed by atoms with E-state index in [1.54, 1.807) is 18.2 Å². The summed E-state index contributed by atoms with van der Waals surface area (Å²) in [6.45, 7) is 1.81. The maximum absolute atomic E-state index is 13.5. The predicted molar refractivity (Wildman–Crippen MR) is 140 cm³/mol. The lowest BCUT2D eigenvalue weighted by Crippen LogP contribution is -2.20. The molecule has 5 rings (SSSR count). The molecule has 180 valence electrons. The van der Waals surface area contributed by atoms with Crippen LogP contribution in [0, 0.1) is 0 Å². The molecule has 3 aromatic carbocycles. The van der Waals surface area contributed by atoms with Gasteiger partial charge >= 0.3 is 0 Å². The zero-order valence-corrected chi connectivity index (χ0v) is 21.2. The third-order valence-corrected chi connectivity index (χ3v) is 9.28. The van der Waals surface area contributed by atoms with Crippen molar-refractivity contribution in [1.29, 1.82) is 0 Å². The summed E-state index contributed by atoms with van der Waals surface area (Å²) in [5, 5.41) is 3.88. The number of amides is 1. The maximum atomic E-state index is 13.5. The van der Waals surface area contributed by atoms with Crippen molar-refractivity contribution in [3.63, 3.8) is 0 Å². The lowest BCUT2D eigenvalue weighted by Gasteiger charge is -2.15. The molecular weight excluding hydrogens is 480 g/mol. The fraction of sp³-hybridized carbons (Fsp3) is 0.222. The molecule has 1 N–H and O–H groups in total. The van der Waals surface area contributed by atoms with Gasteiger partial charge in [-0.1, -0.05) is 18.2 Å². The van der Waals surface area contributed by atoms with E-state index >= 15 is 0 Å². The highest BCUT2D eigenvalue weighted by Gasteiger charge is 2.25. The Morgan fingerprint density at radius 1 is 0.971 bits per heavy atom. The highest BCUT2D eigenvalue weighted by Crippen LogP contribution is 2.34. The SMILES string of the molecule is COc1cc2c(cc1S(=O)(=O)c1ccc(NC(=O)c3cc4ccccc4s3)cc1)CCN(C)CC2. The molecule has 1 amide bonds. The summed E-state index contributed by atoms with van der Waals surface area (Å²) < 4.78 is 33.6. The minimum Gasteiger partial charge on any atom is -0.495 e. The number of likely N-dealkylation sites (N-methyl/N-ethyl adjacent to an activating group) is 1. The summed E-state index contributed by atoms with van der Waals surface area (Å²) in [7, 11) is -0.237. The first-order valence-electron chi connectivity index (χ1n) is 11.4. The number of fused-ring (bicyclic) bond motifs is 2. The number of sulfone groups is 1. The number of rotatable bonds is 5. The van der Waals surface area contributed by atoms with Crippen LogP contribution < -0.4 is 10.1 Å². The highest BCUT2D eigenvalue weighted by molar-refractivity contribution is 7.91. The van der Waals surface area contributed by atoms with Gasteiger partial charge in [0.15, 0.2) is 0 Å². The lowest BCUT2D eigenvalue weighted by atomic mass is 10.0. The van der Waals surface area contributed by atoms with Crippen LogP contribution in [0.3, 0.4) is 0 Å². The number of ether oxygens (including phenoxy) is 1. The average molecular weight is 507 g/mol. The standard InChI is InChI=1S/C27H26N2O4S2/c1-29-13-11-18-15-23(33-2)26(17-19(18)12-14-29)35(31,32)22-9-7-21(8-10-22)28-27(30)25-16-20-5-3-4-6-24(20)34-25/h3-10,15-17H,11-14H2,1-2H3,(H,28,30). The fourth-order valence-corrected chi connectivity index (χ4v) is 6.76. The van der Waals surface area contributed by atoms with Crippen LogP contribution >= 0.6 is 11.3 Å². The second kappa shape index (κ2) is 9.45. The first-order chi connectivity index (χ1) is 16.8. The van der Waals surface area contributed by atoms with E-state index in [1.807, 2.05) is 36.4 Å². The van der Waals surface area contributed by atoms with Crippen molar-refractivity contribution < 1.29 is 17.9 Å². The zero-order valence-electron chi connectivity index (χ0n) is 19.6. The molecule has 0 aliphatic carbocycles. The third kappa shape index (κ3) is 4.69. The fourth-order valence-electron chi connectivity index (χ4n) is 4.34. The summed E-state index contributed by atoms with van der Waals surface area (Å²) in [6.07, 6.45) is 1.65. The molecule has 0 saturated carbocycles. The predicted octanol–water partition coefficient (Wildman–Crippen LogP) is 5.03. The number of anilines is 1. The molecule has 0 unspecified atom stereocenters. The van der Waals surface area contributed by atoms with Gasteiger partial charge in [0.25, 0.3) is 5.91 Å². The molecule has 1 aliphatic heterocycles. The van der Waals surface area contributed by atoms with Crippen molar-refractivity contribution in [2.45, 2.75) is 22.6 Å². The van der Waals surface area contributed by atoms with Gasteiger partial charge in [0.2, 0.25) is 9.84 Å². The third-order valence-electron chi connectivity index (χ3n) is 6.37. The van der Waals surface area contributed by atoms with Crippen LogP contribution in [0.15, 0.2) is 76.5 Å². The maximum Gasteiger partial charge on any atom is 0.265 e. The monoisotopic (exact) mass is 506 g/mol. The van der Waals surface area contributed by atoms with E-state index in [4.69, 9.17) is 4.74 Å². The largest absolute Gasteiger partial charge is 0.495 e. The summed E-state index contributed by atoms with van der Waals surface area (Å²) in [6, 6.07) is 19.6. The molecule has 35 heavy (non-hydrogen) atoms. The summed E-state index contributed by atoms with van der Waals surface area (Å²) in [4.78, 5) is 15.9. The van der Waals surface area contributed by atoms with Crippen LogP contribution in [-0.4, -0.2) is 46.5 Å². The van der Waals surface area contributed by atoms with Crippen molar-refractivity contribution in [1.82, 2.24) is 4.90 Å². The van der Waals surface area contributed by atoms with Crippen LogP contribution in [0.2, 0.25) is 0 Å². The number of methoxy groups -OCH3 is 1. The number of thiophene rings is 1. The van der Waals surface area contributed by atoms with Gasteiger partial charge in [-0.2, -0.15) is 0 Å². The summed E-state index contributed by atoms with van der Waals surface area (Å²) >= 11 is 1.42. The van der Waals surface area contributed by atoms with E-state index in [0.717, 1.165) is 47.1 Å². The molecule has 8 heteroatoms. The lowest BCUT2D eigenvalue weighted by molar-refractivity contribution is 0.103. The number of nitrogens with one attached hydrogen (secondary N) is 1. The number of carbonyl (C=O) groups excluding carboxylic acids is 1. The zero-order chi connectivity index (χ0) is 24.6. The van der Waals surface area contributed by atoms with Crippen LogP contribution in [0.5, 0.6) is 5.75 Å². The van der Waals surface area contributed by atoms with Gasteiger partial charge in [0, 0.05) is 23.5 Å². The van der Waals surface area contributed by atoms with E-state index in [1.165, 1.54) is 30.6 Å². The van der Waals surface area contributed by atoms with E-state index in [2.05, 4.69) is 17.3 Å². The molecule has 1 aliphatic rings. The van der Waals surface area contributed by atoms with Crippen molar-refractivity contribution in [3.05, 3.63) is 82.7 Å². The Balaban J connectivity index is 1.40. The van der Waals surface area contributed by atoms with E-state index in [-0.39, 0.29) is 15.7 Å². The Labute approximate surface area is 209 Å². The second-order valence-corrected chi connectivity index (χ2v) is 11.7. The van der Waals surface area contributed by atoms with Crippen molar-refractivity contribution in [2.24, 2.45) is 0 Å². The van der Waals surface area contributed by atoms with E-state index in [9.17, 15) is 13.2 Å². The molecule has 0 spiro atoms. The molecule has 0 saturated heterocycles. The average Bonchev–Trinajstić information content (AvgIpc) is 3.22. The minimum absolute atomic E-state index is 0.154. The Hall–Kier alpha value is -3.20. The Bertz CT molecular complexity index is 1480. The van der Waals surface area contributed by atoms with Crippen molar-refractivity contribution in [3.8, 4) is 5.75 Å². The molecule has 1 aromatic heterocycles. The van der Waals surface area contributed by atoms with Gasteiger partial charge in [-0.15, -0.1) is 11.3 Å². The smallest absolute Gasteiger partial charge is 0.265 e. The number of hydrogen-bond acceptors (Lipinski definition) is 6. The molecule has 0 fully saturated rings. The Morgan fingerprint density at radius 3 is 2.34 bits per heavy atom. The molecule has 0 radical (unpaired) electrons. The van der Waals surface area contributed by atoms with Gasteiger partial charge in [0.05, 0.1) is 16.9 Å². The molecule has 4 aromatic rings. The summed E-state index contributed by atoms with van der Waals surface area (Å²) in [5.74, 6) is 0.134. The van der Waals surface area contributed by atoms with Gasteiger partial charge in [-0.3, -0.25) is 4.79 Å².